The van der Waals surface area contributed by atoms with Crippen LogP contribution in [0.5, 0.6) is 0 Å². The summed E-state index contributed by atoms with van der Waals surface area (Å²) in [7, 11) is 3.18. The molecule has 2 aromatic heterocycles. The molecule has 1 saturated heterocycles. The van der Waals surface area contributed by atoms with Gasteiger partial charge in [0.1, 0.15) is 18.1 Å². The smallest absolute Gasteiger partial charge is 0.324 e. The summed E-state index contributed by atoms with van der Waals surface area (Å²) in [4.78, 5) is 59.1. The summed E-state index contributed by atoms with van der Waals surface area (Å²) in [5, 5.41) is 6.56. The average Bonchev–Trinajstić information content (AvgIpc) is 3.46. The minimum atomic E-state index is -1.14. The SMILES string of the molecule is CCn1c(-c2cccnc2C(C)OC)c2c3cc(ccc31)N(N)/C=C(\N)CC(NC(=O)C(C(C)C)N(C)C=O)C(=O)N1CCC[C@H](N1)C(=O)OCC(C)(C)C2. The Morgan fingerprint density at radius 2 is 1.98 bits per heavy atom. The van der Waals surface area contributed by atoms with Crippen LogP contribution in [0.3, 0.4) is 0 Å². The second kappa shape index (κ2) is 17.2. The van der Waals surface area contributed by atoms with Crippen molar-refractivity contribution in [3.8, 4) is 11.3 Å². The third kappa shape index (κ3) is 8.95. The number of esters is 1. The Bertz CT molecular complexity index is 1920. The molecule has 0 aliphatic carbocycles. The van der Waals surface area contributed by atoms with Crippen LogP contribution in [0.15, 0.2) is 48.4 Å². The highest BCUT2D eigenvalue weighted by Crippen LogP contribution is 2.41. The zero-order chi connectivity index (χ0) is 40.2. The van der Waals surface area contributed by atoms with Gasteiger partial charge in [0.15, 0.2) is 0 Å². The van der Waals surface area contributed by atoms with E-state index in [1.165, 1.54) is 22.0 Å². The molecule has 3 amide bonds. The van der Waals surface area contributed by atoms with Crippen molar-refractivity contribution in [1.82, 2.24) is 30.2 Å². The summed E-state index contributed by atoms with van der Waals surface area (Å²) >= 11 is 0. The number of benzene rings is 1. The number of rotatable bonds is 9. The van der Waals surface area contributed by atoms with Gasteiger partial charge in [-0.15, -0.1) is 0 Å². The number of methoxy groups -OCH3 is 1. The van der Waals surface area contributed by atoms with E-state index in [2.05, 4.69) is 42.1 Å². The molecule has 55 heavy (non-hydrogen) atoms. The van der Waals surface area contributed by atoms with Gasteiger partial charge in [-0.25, -0.2) is 11.3 Å². The molecule has 1 fully saturated rings. The van der Waals surface area contributed by atoms with Crippen molar-refractivity contribution in [1.29, 1.82) is 0 Å². The fourth-order valence-electron chi connectivity index (χ4n) is 7.66. The van der Waals surface area contributed by atoms with E-state index >= 15 is 0 Å². The number of aromatic nitrogens is 2. The lowest BCUT2D eigenvalue weighted by atomic mass is 9.84. The lowest BCUT2D eigenvalue weighted by Crippen LogP contribution is -2.61. The predicted octanol–water partition coefficient (Wildman–Crippen LogP) is 3.52. The summed E-state index contributed by atoms with van der Waals surface area (Å²) in [6.07, 6.45) is 5.05. The van der Waals surface area contributed by atoms with E-state index in [1.54, 1.807) is 19.5 Å². The second-order valence-corrected chi connectivity index (χ2v) is 15.7. The number of nitrogens with zero attached hydrogens (tertiary/aromatic N) is 5. The van der Waals surface area contributed by atoms with Gasteiger partial charge in [0.05, 0.1) is 29.8 Å². The van der Waals surface area contributed by atoms with Crippen molar-refractivity contribution in [3.05, 3.63) is 59.7 Å². The molecule has 6 N–H and O–H groups in total. The molecule has 2 aliphatic heterocycles. The number of fused-ring (bicyclic) bond motifs is 3. The van der Waals surface area contributed by atoms with Crippen molar-refractivity contribution < 1.29 is 28.7 Å². The van der Waals surface area contributed by atoms with Crippen molar-refractivity contribution in [2.45, 2.75) is 98.0 Å². The van der Waals surface area contributed by atoms with E-state index in [4.69, 9.17) is 26.0 Å². The minimum Gasteiger partial charge on any atom is -0.464 e. The number of ether oxygens (including phenoxy) is 2. The van der Waals surface area contributed by atoms with Crippen LogP contribution in [-0.2, 0) is 41.6 Å². The van der Waals surface area contributed by atoms with Gasteiger partial charge < -0.3 is 30.0 Å². The third-order valence-corrected chi connectivity index (χ3v) is 10.5. The number of aryl methyl sites for hydroxylation is 1. The zero-order valence-corrected chi connectivity index (χ0v) is 33.3. The lowest BCUT2D eigenvalue weighted by molar-refractivity contribution is -0.155. The van der Waals surface area contributed by atoms with Crippen LogP contribution in [0.4, 0.5) is 5.69 Å². The van der Waals surface area contributed by atoms with Crippen LogP contribution >= 0.6 is 0 Å². The van der Waals surface area contributed by atoms with Crippen molar-refractivity contribution in [2.75, 3.05) is 32.3 Å². The quantitative estimate of drug-likeness (QED) is 0.142. The van der Waals surface area contributed by atoms with Gasteiger partial charge >= 0.3 is 5.97 Å². The van der Waals surface area contributed by atoms with Crippen molar-refractivity contribution in [3.63, 3.8) is 0 Å². The largest absolute Gasteiger partial charge is 0.464 e. The number of cyclic esters (lactones) is 1. The number of likely N-dealkylation sites (N-methyl/N-ethyl adjacent to an activating group) is 1. The molecular formula is C40H57N9O6. The maximum Gasteiger partial charge on any atom is 0.324 e. The molecule has 15 nitrogen and oxygen atoms in total. The summed E-state index contributed by atoms with van der Waals surface area (Å²) in [5.41, 5.74) is 14.8. The average molecular weight is 760 g/mol. The normalized spacial score (nSPS) is 21.7. The molecule has 15 heteroatoms. The maximum atomic E-state index is 14.1. The number of amides is 3. The molecule has 3 unspecified atom stereocenters. The fraction of sp³-hybridized carbons (Fsp3) is 0.525. The molecule has 5 rings (SSSR count). The van der Waals surface area contributed by atoms with Crippen LogP contribution in [0.2, 0.25) is 0 Å². The van der Waals surface area contributed by atoms with E-state index < -0.39 is 41.3 Å². The Labute approximate surface area is 323 Å². The minimum absolute atomic E-state index is 0.0965. The molecular weight excluding hydrogens is 702 g/mol. The molecule has 0 saturated carbocycles. The van der Waals surface area contributed by atoms with Crippen LogP contribution < -0.4 is 27.3 Å². The maximum absolute atomic E-state index is 14.1. The Hall–Kier alpha value is -4.99. The zero-order valence-electron chi connectivity index (χ0n) is 33.3. The first kappa shape index (κ1) is 41.2. The highest BCUT2D eigenvalue weighted by Gasteiger charge is 2.37. The molecule has 4 bridgehead atoms. The number of nitrogens with one attached hydrogen (secondary N) is 2. The van der Waals surface area contributed by atoms with Crippen LogP contribution in [-0.4, -0.2) is 89.1 Å². The number of hydrogen-bond donors (Lipinski definition) is 4. The third-order valence-electron chi connectivity index (χ3n) is 10.5. The summed E-state index contributed by atoms with van der Waals surface area (Å²) in [5.74, 6) is 4.98. The van der Waals surface area contributed by atoms with Gasteiger partial charge in [-0.05, 0) is 74.9 Å². The first-order valence-corrected chi connectivity index (χ1v) is 19.0. The Kier molecular flexibility index (Phi) is 12.9. The summed E-state index contributed by atoms with van der Waals surface area (Å²) < 4.78 is 14.0. The van der Waals surface area contributed by atoms with Gasteiger partial charge in [0.25, 0.3) is 5.91 Å². The molecule has 1 aromatic carbocycles. The van der Waals surface area contributed by atoms with Gasteiger partial charge in [-0.2, -0.15) is 0 Å². The van der Waals surface area contributed by atoms with Gasteiger partial charge in [-0.3, -0.25) is 34.2 Å². The highest BCUT2D eigenvalue weighted by molar-refractivity contribution is 5.95. The summed E-state index contributed by atoms with van der Waals surface area (Å²) in [6.45, 7) is 12.9. The highest BCUT2D eigenvalue weighted by atomic mass is 16.5. The van der Waals surface area contributed by atoms with E-state index in [-0.39, 0.29) is 30.7 Å². The van der Waals surface area contributed by atoms with E-state index in [9.17, 15) is 19.2 Å². The standard InChI is InChI=1S/C40H57N9O6/c1-9-47-33-15-14-27-19-29(33)30(36(47)28-12-10-16-43-34(28)25(4)54-8)20-40(5,6)22-55-39(53)31-13-11-17-49(45-31)38(52)32(18-26(41)21-48(27)42)44-37(51)35(24(2)3)46(7)23-50/h10,12,14-16,19,21,23-25,31-32,35,45H,9,11,13,17-18,20,22,41-42H2,1-8H3,(H,44,51)/b26-21-/t25?,31-,32?,35?/m0/s1. The molecule has 0 spiro atoms. The number of hydrazine groups is 2. The Balaban J connectivity index is 1.65. The Morgan fingerprint density at radius 1 is 1.24 bits per heavy atom. The number of nitrogens with two attached hydrogens (primary N) is 2. The lowest BCUT2D eigenvalue weighted by Gasteiger charge is -2.36. The predicted molar refractivity (Wildman–Crippen MR) is 211 cm³/mol. The molecule has 4 atom stereocenters. The van der Waals surface area contributed by atoms with Gasteiger partial charge in [-0.1, -0.05) is 27.7 Å². The van der Waals surface area contributed by atoms with Gasteiger partial charge in [0.2, 0.25) is 12.3 Å². The number of pyridine rings is 1. The second-order valence-electron chi connectivity index (χ2n) is 15.7. The van der Waals surface area contributed by atoms with Crippen LogP contribution in [0.25, 0.3) is 22.2 Å². The van der Waals surface area contributed by atoms with Crippen LogP contribution in [0.1, 0.15) is 78.2 Å². The molecule has 2 aliphatic rings. The number of anilines is 1. The molecule has 0 radical (unpaired) electrons. The number of hydrogen-bond acceptors (Lipinski definition) is 11. The molecule has 4 heterocycles. The number of carbonyl (C=O) groups excluding carboxylic acids is 4. The van der Waals surface area contributed by atoms with E-state index in [0.29, 0.717) is 44.4 Å². The summed E-state index contributed by atoms with van der Waals surface area (Å²) in [6, 6.07) is 7.16. The van der Waals surface area contributed by atoms with Gasteiger partial charge in [0, 0.05) is 73.6 Å². The fourth-order valence-corrected chi connectivity index (χ4v) is 7.66. The first-order chi connectivity index (χ1) is 26.1. The first-order valence-electron chi connectivity index (χ1n) is 19.0. The van der Waals surface area contributed by atoms with E-state index in [1.807, 2.05) is 45.0 Å². The molecule has 298 valence electrons. The van der Waals surface area contributed by atoms with E-state index in [0.717, 1.165) is 33.4 Å². The topological polar surface area (TPSA) is 190 Å². The number of carbonyl (C=O) groups is 4. The monoisotopic (exact) mass is 759 g/mol. The van der Waals surface area contributed by atoms with Crippen molar-refractivity contribution >= 4 is 40.8 Å². The Morgan fingerprint density at radius 3 is 2.65 bits per heavy atom. The van der Waals surface area contributed by atoms with Crippen molar-refractivity contribution in [2.24, 2.45) is 22.9 Å². The molecule has 3 aromatic rings. The van der Waals surface area contributed by atoms with Crippen LogP contribution in [0, 0.1) is 11.3 Å².